The highest BCUT2D eigenvalue weighted by molar-refractivity contribution is 7.87. The Bertz CT molecular complexity index is 1240. The Balaban J connectivity index is 1.81. The van der Waals surface area contributed by atoms with E-state index in [1.807, 2.05) is 17.0 Å². The third-order valence-electron chi connectivity index (χ3n) is 4.49. The van der Waals surface area contributed by atoms with Gasteiger partial charge in [0.25, 0.3) is 5.91 Å². The summed E-state index contributed by atoms with van der Waals surface area (Å²) < 4.78 is 37.4. The molecule has 11 nitrogen and oxygen atoms in total. The van der Waals surface area contributed by atoms with Gasteiger partial charge in [-0.05, 0) is 36.6 Å². The van der Waals surface area contributed by atoms with Crippen LogP contribution in [0.5, 0.6) is 0 Å². The zero-order chi connectivity index (χ0) is 24.7. The molecule has 0 aliphatic rings. The molecule has 0 fully saturated rings. The third kappa shape index (κ3) is 7.21. The lowest BCUT2D eigenvalue weighted by Gasteiger charge is -2.18. The Morgan fingerprint density at radius 2 is 2.09 bits per heavy atom. The molecule has 3 aromatic rings. The molecular formula is C20H22N5O6S3. The van der Waals surface area contributed by atoms with Crippen molar-refractivity contribution in [3.63, 3.8) is 0 Å². The van der Waals surface area contributed by atoms with E-state index in [-0.39, 0.29) is 24.0 Å². The Kier molecular flexibility index (Phi) is 8.55. The molecule has 1 aromatic carbocycles. The third-order valence-corrected chi connectivity index (χ3v) is 6.75. The second kappa shape index (κ2) is 11.4. The summed E-state index contributed by atoms with van der Waals surface area (Å²) in [5.41, 5.74) is 3.34. The summed E-state index contributed by atoms with van der Waals surface area (Å²) in [5, 5.41) is 9.18. The number of ether oxygens (including phenoxy) is 1. The van der Waals surface area contributed by atoms with E-state index in [1.165, 1.54) is 47.4 Å². The molecule has 0 saturated carbocycles. The van der Waals surface area contributed by atoms with Crippen LogP contribution in [0.15, 0.2) is 29.1 Å². The second-order valence-corrected chi connectivity index (χ2v) is 9.84. The first-order valence-corrected chi connectivity index (χ1v) is 13.1. The van der Waals surface area contributed by atoms with E-state index in [0.29, 0.717) is 11.4 Å². The van der Waals surface area contributed by atoms with Crippen LogP contribution in [-0.4, -0.2) is 48.5 Å². The summed E-state index contributed by atoms with van der Waals surface area (Å²) in [6.07, 6.45) is 1.20. The molecule has 2 aromatic heterocycles. The lowest BCUT2D eigenvalue weighted by molar-refractivity contribution is -0.139. The topological polar surface area (TPSA) is 160 Å². The summed E-state index contributed by atoms with van der Waals surface area (Å²) in [6.45, 7) is 1.73. The highest BCUT2D eigenvalue weighted by atomic mass is 32.2. The lowest BCUT2D eigenvalue weighted by atomic mass is 10.0. The Labute approximate surface area is 204 Å². The first kappa shape index (κ1) is 25.6. The van der Waals surface area contributed by atoms with Crippen LogP contribution in [0.4, 0.5) is 10.7 Å². The van der Waals surface area contributed by atoms with Crippen molar-refractivity contribution in [2.45, 2.75) is 25.8 Å². The summed E-state index contributed by atoms with van der Waals surface area (Å²) in [6, 6.07) is 7.24. The molecule has 1 radical (unpaired) electrons. The van der Waals surface area contributed by atoms with E-state index < -0.39 is 22.2 Å². The molecule has 1 atom stereocenters. The maximum absolute atomic E-state index is 12.5. The molecule has 0 aliphatic heterocycles. The normalized spacial score (nSPS) is 12.1. The number of hydrogen-bond donors (Lipinski definition) is 4. The average Bonchev–Trinajstić information content (AvgIpc) is 3.46. The molecule has 0 bridgehead atoms. The number of carbonyl (C=O) groups is 2. The van der Waals surface area contributed by atoms with Gasteiger partial charge in [0.05, 0.1) is 35.1 Å². The number of nitrogens with one attached hydrogen (secondary N) is 3. The van der Waals surface area contributed by atoms with Gasteiger partial charge in [-0.3, -0.25) is 18.9 Å². The highest BCUT2D eigenvalue weighted by Gasteiger charge is 2.22. The van der Waals surface area contributed by atoms with Gasteiger partial charge in [0.1, 0.15) is 11.5 Å². The van der Waals surface area contributed by atoms with Gasteiger partial charge in [-0.1, -0.05) is 13.0 Å². The zero-order valence-corrected chi connectivity index (χ0v) is 20.6. The molecule has 1 unspecified atom stereocenters. The highest BCUT2D eigenvalue weighted by Crippen LogP contribution is 2.29. The van der Waals surface area contributed by atoms with Crippen molar-refractivity contribution in [2.75, 3.05) is 23.7 Å². The molecule has 2 heterocycles. The predicted octanol–water partition coefficient (Wildman–Crippen LogP) is 2.48. The number of thiazole rings is 2. The van der Waals surface area contributed by atoms with Gasteiger partial charge in [-0.15, -0.1) is 22.7 Å². The maximum Gasteiger partial charge on any atom is 0.357 e. The molecule has 181 valence electrons. The molecule has 34 heavy (non-hydrogen) atoms. The lowest BCUT2D eigenvalue weighted by Crippen LogP contribution is -2.31. The summed E-state index contributed by atoms with van der Waals surface area (Å²) in [5.74, 6) is -1.10. The van der Waals surface area contributed by atoms with Crippen molar-refractivity contribution in [3.8, 4) is 0 Å². The molecule has 14 heteroatoms. The first-order chi connectivity index (χ1) is 16.2. The molecule has 3 rings (SSSR count). The minimum Gasteiger partial charge on any atom is -0.468 e. The molecule has 4 N–H and O–H groups in total. The van der Waals surface area contributed by atoms with Crippen LogP contribution in [0.1, 0.15) is 39.7 Å². The van der Waals surface area contributed by atoms with Gasteiger partial charge < -0.3 is 15.4 Å². The summed E-state index contributed by atoms with van der Waals surface area (Å²) >= 11 is 2.76. The molecule has 0 aliphatic carbocycles. The minimum absolute atomic E-state index is 0.140. The number of esters is 1. The molecule has 0 spiro atoms. The number of rotatable bonds is 11. The van der Waals surface area contributed by atoms with Crippen molar-refractivity contribution in [1.29, 1.82) is 0 Å². The van der Waals surface area contributed by atoms with Crippen LogP contribution in [0.3, 0.4) is 0 Å². The van der Waals surface area contributed by atoms with E-state index in [1.54, 1.807) is 6.07 Å². The zero-order valence-electron chi connectivity index (χ0n) is 18.2. The largest absolute Gasteiger partial charge is 0.468 e. The minimum atomic E-state index is -4.38. The number of aromatic nitrogens is 2. The van der Waals surface area contributed by atoms with Crippen molar-refractivity contribution >= 4 is 55.5 Å². The molecule has 1 amide bonds. The first-order valence-electron chi connectivity index (χ1n) is 9.93. The summed E-state index contributed by atoms with van der Waals surface area (Å²) in [7, 11) is -3.15. The fourth-order valence-electron chi connectivity index (χ4n) is 2.87. The van der Waals surface area contributed by atoms with Gasteiger partial charge in [-0.25, -0.2) is 9.97 Å². The van der Waals surface area contributed by atoms with Gasteiger partial charge in [-0.2, -0.15) is 8.42 Å². The number of amides is 1. The van der Waals surface area contributed by atoms with Gasteiger partial charge >= 0.3 is 16.3 Å². The van der Waals surface area contributed by atoms with Crippen molar-refractivity contribution < 1.29 is 27.3 Å². The van der Waals surface area contributed by atoms with Crippen LogP contribution in [0.2, 0.25) is 0 Å². The Morgan fingerprint density at radius 3 is 2.71 bits per heavy atom. The standard InChI is InChI=1S/C20H22N5O6S3/c1-3-16-23-15(10-32-16)14(8-12-4-6-13(7-5-12)25-34(28,29)30)24-20-18(22-11-33-20)19(27)21-9-17(26)31-2/h4,6-7,10-11,14,24-25H,3,8-9H2,1-2H3,(H,21,27)(H,28,29,30). The number of nitrogens with zero attached hydrogens (tertiary/aromatic N) is 2. The quantitative estimate of drug-likeness (QED) is 0.218. The van der Waals surface area contributed by atoms with E-state index in [0.717, 1.165) is 22.7 Å². The van der Waals surface area contributed by atoms with Gasteiger partial charge in [0.2, 0.25) is 0 Å². The van der Waals surface area contributed by atoms with Crippen molar-refractivity contribution in [2.24, 2.45) is 0 Å². The number of hydrogen-bond acceptors (Lipinski definition) is 10. The van der Waals surface area contributed by atoms with Gasteiger partial charge in [0.15, 0.2) is 5.69 Å². The number of aryl methyl sites for hydroxylation is 1. The summed E-state index contributed by atoms with van der Waals surface area (Å²) in [4.78, 5) is 32.6. The average molecular weight is 525 g/mol. The maximum atomic E-state index is 12.5. The van der Waals surface area contributed by atoms with E-state index >= 15 is 0 Å². The van der Waals surface area contributed by atoms with Crippen molar-refractivity contribution in [3.05, 3.63) is 57.1 Å². The molecule has 0 saturated heterocycles. The van der Waals surface area contributed by atoms with E-state index in [4.69, 9.17) is 4.55 Å². The van der Waals surface area contributed by atoms with Crippen LogP contribution >= 0.6 is 22.7 Å². The van der Waals surface area contributed by atoms with Crippen LogP contribution in [0.25, 0.3) is 0 Å². The van der Waals surface area contributed by atoms with Crippen molar-refractivity contribution in [1.82, 2.24) is 15.3 Å². The monoisotopic (exact) mass is 524 g/mol. The molecular weight excluding hydrogens is 502 g/mol. The predicted molar refractivity (Wildman–Crippen MR) is 128 cm³/mol. The fourth-order valence-corrected chi connectivity index (χ4v) is 4.82. The fraction of sp³-hybridized carbons (Fsp3) is 0.300. The smallest absolute Gasteiger partial charge is 0.357 e. The van der Waals surface area contributed by atoms with E-state index in [9.17, 15) is 18.0 Å². The van der Waals surface area contributed by atoms with Crippen LogP contribution in [-0.2, 0) is 32.7 Å². The number of benzene rings is 1. The number of carbonyl (C=O) groups excluding carboxylic acids is 2. The van der Waals surface area contributed by atoms with Crippen LogP contribution < -0.4 is 15.4 Å². The number of anilines is 2. The van der Waals surface area contributed by atoms with Crippen LogP contribution in [0, 0.1) is 6.07 Å². The van der Waals surface area contributed by atoms with E-state index in [2.05, 4.69) is 31.4 Å². The van der Waals surface area contributed by atoms with Gasteiger partial charge in [0, 0.05) is 5.38 Å². The Morgan fingerprint density at radius 1 is 1.29 bits per heavy atom. The number of methoxy groups -OCH3 is 1. The SMILES string of the molecule is CCc1nc(C(Cc2[c]cc(NS(=O)(=O)O)cc2)Nc2scnc2C(=O)NCC(=O)OC)cs1. The Hall–Kier alpha value is -3.07. The second-order valence-electron chi connectivity index (χ2n) is 6.89.